The summed E-state index contributed by atoms with van der Waals surface area (Å²) in [6.07, 6.45) is 2.54. The smallest absolute Gasteiger partial charge is 0.246 e. The first kappa shape index (κ1) is 14.5. The van der Waals surface area contributed by atoms with Crippen molar-refractivity contribution in [3.05, 3.63) is 12.4 Å². The largest absolute Gasteiger partial charge is 0.292 e. The zero-order valence-electron chi connectivity index (χ0n) is 10.8. The zero-order chi connectivity index (χ0) is 14.0. The lowest BCUT2D eigenvalue weighted by molar-refractivity contribution is 0.404. The Morgan fingerprint density at radius 2 is 1.84 bits per heavy atom. The Bertz CT molecular complexity index is 523. The number of anilines is 1. The predicted molar refractivity (Wildman–Crippen MR) is 75.1 cm³/mol. The fourth-order valence-electron chi connectivity index (χ4n) is 2.00. The van der Waals surface area contributed by atoms with E-state index in [1.165, 1.54) is 16.7 Å². The summed E-state index contributed by atoms with van der Waals surface area (Å²) in [6.45, 7) is 5.07. The summed E-state index contributed by atoms with van der Waals surface area (Å²) in [5.74, 6) is 5.34. The van der Waals surface area contributed by atoms with Crippen molar-refractivity contribution in [1.82, 2.24) is 14.3 Å². The van der Waals surface area contributed by atoms with E-state index in [0.717, 1.165) is 0 Å². The number of rotatable bonds is 3. The normalized spacial score (nSPS) is 25.2. The van der Waals surface area contributed by atoms with Gasteiger partial charge in [0.15, 0.2) is 0 Å². The molecule has 106 valence electrons. The third-order valence-electron chi connectivity index (χ3n) is 2.78. The van der Waals surface area contributed by atoms with Gasteiger partial charge in [-0.05, 0) is 0 Å². The molecule has 2 atom stereocenters. The van der Waals surface area contributed by atoms with E-state index in [9.17, 15) is 8.42 Å². The monoisotopic (exact) mass is 303 g/mol. The molecule has 0 aliphatic carbocycles. The number of nitrogen functional groups attached to an aromatic ring is 1. The second kappa shape index (κ2) is 5.61. The molecule has 1 aromatic rings. The molecule has 2 rings (SSSR count). The van der Waals surface area contributed by atoms with Crippen LogP contribution in [-0.2, 0) is 10.0 Å². The van der Waals surface area contributed by atoms with E-state index in [1.54, 1.807) is 11.8 Å². The number of nitrogens with one attached hydrogen (secondary N) is 1. The number of thioether (sulfide) groups is 1. The Balaban J connectivity index is 2.25. The van der Waals surface area contributed by atoms with E-state index in [2.05, 4.69) is 15.4 Å². The lowest BCUT2D eigenvalue weighted by Crippen LogP contribution is -2.44. The molecule has 1 fully saturated rings. The van der Waals surface area contributed by atoms with Crippen LogP contribution in [0.25, 0.3) is 0 Å². The fraction of sp³-hybridized carbons (Fsp3) is 0.600. The Kier molecular flexibility index (Phi) is 4.29. The predicted octanol–water partition coefficient (Wildman–Crippen LogP) is 0.277. The number of hydrogen-bond acceptors (Lipinski definition) is 7. The topological polar surface area (TPSA) is 101 Å². The minimum absolute atomic E-state index is 0.0952. The quantitative estimate of drug-likeness (QED) is 0.610. The number of nitrogens with zero attached hydrogens (tertiary/aromatic N) is 3. The van der Waals surface area contributed by atoms with Gasteiger partial charge in [0.1, 0.15) is 4.90 Å². The second-order valence-corrected chi connectivity index (χ2v) is 8.29. The van der Waals surface area contributed by atoms with Crippen molar-refractivity contribution in [2.24, 2.45) is 5.84 Å². The summed E-state index contributed by atoms with van der Waals surface area (Å²) >= 11 is 1.80. The molecule has 1 aliphatic rings. The van der Waals surface area contributed by atoms with Crippen LogP contribution in [0, 0.1) is 0 Å². The van der Waals surface area contributed by atoms with E-state index in [4.69, 9.17) is 5.84 Å². The standard InChI is InChI=1S/C10H17N5O2S2/c1-7-5-15(6-8(2)18-7)19(16,17)9-3-12-10(14-11)13-4-9/h3-4,7-8H,5-6,11H2,1-2H3,(H,12,13,14). The van der Waals surface area contributed by atoms with Crippen LogP contribution < -0.4 is 11.3 Å². The van der Waals surface area contributed by atoms with Gasteiger partial charge in [0.05, 0.1) is 12.4 Å². The van der Waals surface area contributed by atoms with E-state index in [0.29, 0.717) is 13.1 Å². The molecule has 1 saturated heterocycles. The maximum Gasteiger partial charge on any atom is 0.246 e. The molecule has 0 bridgehead atoms. The Morgan fingerprint density at radius 3 is 2.32 bits per heavy atom. The molecular weight excluding hydrogens is 286 g/mol. The Hall–Kier alpha value is -0.900. The van der Waals surface area contributed by atoms with Gasteiger partial charge in [0, 0.05) is 23.6 Å². The van der Waals surface area contributed by atoms with E-state index in [-0.39, 0.29) is 21.3 Å². The number of sulfonamides is 1. The lowest BCUT2D eigenvalue weighted by Gasteiger charge is -2.33. The third kappa shape index (κ3) is 3.16. The highest BCUT2D eigenvalue weighted by atomic mass is 32.2. The number of nitrogens with two attached hydrogens (primary N) is 1. The fourth-order valence-corrected chi connectivity index (χ4v) is 5.02. The summed E-state index contributed by atoms with van der Waals surface area (Å²) in [6, 6.07) is 0. The molecule has 2 heterocycles. The summed E-state index contributed by atoms with van der Waals surface area (Å²) in [4.78, 5) is 7.77. The molecule has 0 radical (unpaired) electrons. The van der Waals surface area contributed by atoms with Crippen molar-refractivity contribution in [3.8, 4) is 0 Å². The van der Waals surface area contributed by atoms with Crippen LogP contribution in [0.2, 0.25) is 0 Å². The summed E-state index contributed by atoms with van der Waals surface area (Å²) in [5, 5.41) is 0.564. The van der Waals surface area contributed by atoms with Gasteiger partial charge in [0.25, 0.3) is 0 Å². The highest BCUT2D eigenvalue weighted by Gasteiger charge is 2.32. The number of hydrazine groups is 1. The van der Waals surface area contributed by atoms with Crippen molar-refractivity contribution in [3.63, 3.8) is 0 Å². The average molecular weight is 303 g/mol. The van der Waals surface area contributed by atoms with Crippen LogP contribution in [0.4, 0.5) is 5.95 Å². The average Bonchev–Trinajstić information content (AvgIpc) is 2.37. The molecule has 19 heavy (non-hydrogen) atoms. The SMILES string of the molecule is CC1CN(S(=O)(=O)c2cnc(NN)nc2)CC(C)S1. The van der Waals surface area contributed by atoms with Crippen molar-refractivity contribution >= 4 is 27.7 Å². The molecule has 9 heteroatoms. The highest BCUT2D eigenvalue weighted by molar-refractivity contribution is 8.00. The third-order valence-corrected chi connectivity index (χ3v) is 5.79. The van der Waals surface area contributed by atoms with Crippen LogP contribution in [0.3, 0.4) is 0 Å². The maximum atomic E-state index is 12.5. The van der Waals surface area contributed by atoms with Crippen molar-refractivity contribution in [2.45, 2.75) is 29.2 Å². The molecule has 2 unspecified atom stereocenters. The van der Waals surface area contributed by atoms with Crippen LogP contribution in [0.5, 0.6) is 0 Å². The van der Waals surface area contributed by atoms with Crippen LogP contribution >= 0.6 is 11.8 Å². The van der Waals surface area contributed by atoms with Gasteiger partial charge in [-0.3, -0.25) is 5.43 Å². The van der Waals surface area contributed by atoms with Crippen molar-refractivity contribution in [2.75, 3.05) is 18.5 Å². The molecule has 7 nitrogen and oxygen atoms in total. The van der Waals surface area contributed by atoms with Gasteiger partial charge in [-0.25, -0.2) is 24.2 Å². The highest BCUT2D eigenvalue weighted by Crippen LogP contribution is 2.28. The lowest BCUT2D eigenvalue weighted by atomic mass is 10.4. The Labute approximate surface area is 117 Å². The van der Waals surface area contributed by atoms with Gasteiger partial charge in [-0.15, -0.1) is 0 Å². The van der Waals surface area contributed by atoms with E-state index in [1.807, 2.05) is 13.8 Å². The van der Waals surface area contributed by atoms with Crippen LogP contribution in [-0.4, -0.2) is 46.3 Å². The number of aromatic nitrogens is 2. The first-order chi connectivity index (χ1) is 8.93. The van der Waals surface area contributed by atoms with E-state index >= 15 is 0 Å². The van der Waals surface area contributed by atoms with Crippen LogP contribution in [0.1, 0.15) is 13.8 Å². The summed E-state index contributed by atoms with van der Waals surface area (Å²) < 4.78 is 26.4. The van der Waals surface area contributed by atoms with Gasteiger partial charge in [0.2, 0.25) is 16.0 Å². The Morgan fingerprint density at radius 1 is 1.32 bits per heavy atom. The first-order valence-electron chi connectivity index (χ1n) is 5.87. The first-order valence-corrected chi connectivity index (χ1v) is 8.26. The molecule has 0 spiro atoms. The summed E-state index contributed by atoms with van der Waals surface area (Å²) in [7, 11) is -3.53. The van der Waals surface area contributed by atoms with Gasteiger partial charge in [-0.2, -0.15) is 16.1 Å². The summed E-state index contributed by atoms with van der Waals surface area (Å²) in [5.41, 5.74) is 2.27. The minimum Gasteiger partial charge on any atom is -0.292 e. The second-order valence-electron chi connectivity index (χ2n) is 4.47. The zero-order valence-corrected chi connectivity index (χ0v) is 12.4. The van der Waals surface area contributed by atoms with E-state index < -0.39 is 10.0 Å². The molecule has 1 aromatic heterocycles. The van der Waals surface area contributed by atoms with Crippen molar-refractivity contribution < 1.29 is 8.42 Å². The van der Waals surface area contributed by atoms with Gasteiger partial charge >= 0.3 is 0 Å². The molecule has 3 N–H and O–H groups in total. The molecule has 0 amide bonds. The number of hydrogen-bond donors (Lipinski definition) is 2. The molecule has 0 saturated carbocycles. The minimum atomic E-state index is -3.53. The van der Waals surface area contributed by atoms with Gasteiger partial charge in [-0.1, -0.05) is 13.8 Å². The van der Waals surface area contributed by atoms with Crippen molar-refractivity contribution in [1.29, 1.82) is 0 Å². The molecule has 1 aliphatic heterocycles. The maximum absolute atomic E-state index is 12.5. The molecule has 0 aromatic carbocycles. The van der Waals surface area contributed by atoms with Crippen LogP contribution in [0.15, 0.2) is 17.3 Å². The van der Waals surface area contributed by atoms with Gasteiger partial charge < -0.3 is 0 Å². The molecular formula is C10H17N5O2S2.